The summed E-state index contributed by atoms with van der Waals surface area (Å²) in [6, 6.07) is 5.15. The van der Waals surface area contributed by atoms with Crippen LogP contribution in [0.15, 0.2) is 22.7 Å². The lowest BCUT2D eigenvalue weighted by Gasteiger charge is -2.05. The number of methoxy groups -OCH3 is 1. The molecule has 0 fully saturated rings. The van der Waals surface area contributed by atoms with Crippen LogP contribution in [0.1, 0.15) is 0 Å². The van der Waals surface area contributed by atoms with Crippen molar-refractivity contribution in [3.8, 4) is 0 Å². The summed E-state index contributed by atoms with van der Waals surface area (Å²) in [5.41, 5.74) is 0.525. The highest BCUT2D eigenvalue weighted by Gasteiger charge is 2.04. The van der Waals surface area contributed by atoms with Gasteiger partial charge in [0.15, 0.2) is 0 Å². The number of amides is 1. The fourth-order valence-corrected chi connectivity index (χ4v) is 1.47. The van der Waals surface area contributed by atoms with E-state index in [1.54, 1.807) is 18.2 Å². The van der Waals surface area contributed by atoms with Crippen molar-refractivity contribution in [2.45, 2.75) is 0 Å². The zero-order chi connectivity index (χ0) is 9.84. The van der Waals surface area contributed by atoms with E-state index >= 15 is 0 Å². The molecule has 1 rings (SSSR count). The Balaban J connectivity index is 2.83. The highest BCUT2D eigenvalue weighted by Crippen LogP contribution is 2.25. The van der Waals surface area contributed by atoms with Crippen LogP contribution in [-0.4, -0.2) is 13.2 Å². The summed E-state index contributed by atoms with van der Waals surface area (Å²) in [4.78, 5) is 10.8. The Morgan fingerprint density at radius 2 is 2.31 bits per heavy atom. The molecule has 70 valence electrons. The fourth-order valence-electron chi connectivity index (χ4n) is 0.752. The molecule has 1 amide bonds. The van der Waals surface area contributed by atoms with Crippen LogP contribution in [0.4, 0.5) is 10.5 Å². The van der Waals surface area contributed by atoms with E-state index in [-0.39, 0.29) is 0 Å². The molecule has 13 heavy (non-hydrogen) atoms. The van der Waals surface area contributed by atoms with Crippen LogP contribution in [0.2, 0.25) is 5.02 Å². The van der Waals surface area contributed by atoms with E-state index in [1.807, 2.05) is 0 Å². The van der Waals surface area contributed by atoms with Crippen LogP contribution in [0, 0.1) is 0 Å². The van der Waals surface area contributed by atoms with Gasteiger partial charge in [0.05, 0.1) is 17.8 Å². The van der Waals surface area contributed by atoms with Crippen LogP contribution in [0.5, 0.6) is 0 Å². The average Bonchev–Trinajstić information content (AvgIpc) is 2.09. The predicted molar refractivity (Wildman–Crippen MR) is 55.2 cm³/mol. The zero-order valence-corrected chi connectivity index (χ0v) is 9.15. The van der Waals surface area contributed by atoms with E-state index in [1.165, 1.54) is 7.11 Å². The van der Waals surface area contributed by atoms with Crippen molar-refractivity contribution in [1.82, 2.24) is 0 Å². The number of carbonyl (C=O) groups excluding carboxylic acids is 1. The Morgan fingerprint density at radius 1 is 1.62 bits per heavy atom. The van der Waals surface area contributed by atoms with Crippen LogP contribution >= 0.6 is 27.5 Å². The van der Waals surface area contributed by atoms with Gasteiger partial charge in [0, 0.05) is 4.47 Å². The van der Waals surface area contributed by atoms with Crippen LogP contribution < -0.4 is 5.32 Å². The van der Waals surface area contributed by atoms with Gasteiger partial charge < -0.3 is 4.74 Å². The summed E-state index contributed by atoms with van der Waals surface area (Å²) in [6.07, 6.45) is -0.538. The number of ether oxygens (including phenoxy) is 1. The molecule has 0 bridgehead atoms. The predicted octanol–water partition coefficient (Wildman–Crippen LogP) is 3.28. The van der Waals surface area contributed by atoms with Crippen molar-refractivity contribution < 1.29 is 9.53 Å². The second-order valence-electron chi connectivity index (χ2n) is 2.24. The van der Waals surface area contributed by atoms with E-state index in [9.17, 15) is 4.79 Å². The first-order chi connectivity index (χ1) is 6.13. The van der Waals surface area contributed by atoms with E-state index < -0.39 is 6.09 Å². The molecule has 0 saturated carbocycles. The zero-order valence-electron chi connectivity index (χ0n) is 6.80. The van der Waals surface area contributed by atoms with Crippen LogP contribution in [0.25, 0.3) is 0 Å². The molecule has 0 aliphatic heterocycles. The Bertz CT molecular complexity index is 330. The maximum atomic E-state index is 10.8. The van der Waals surface area contributed by atoms with Crippen molar-refractivity contribution in [3.63, 3.8) is 0 Å². The SMILES string of the molecule is COC(=O)Nc1ccc(Br)cc1Cl. The van der Waals surface area contributed by atoms with Gasteiger partial charge >= 0.3 is 6.09 Å². The topological polar surface area (TPSA) is 38.3 Å². The van der Waals surface area contributed by atoms with Gasteiger partial charge in [-0.05, 0) is 18.2 Å². The molecule has 0 saturated heterocycles. The van der Waals surface area contributed by atoms with Gasteiger partial charge in [-0.1, -0.05) is 27.5 Å². The third-order valence-corrected chi connectivity index (χ3v) is 2.16. The number of nitrogens with one attached hydrogen (secondary N) is 1. The summed E-state index contributed by atoms with van der Waals surface area (Å²) in [6.45, 7) is 0. The molecule has 5 heteroatoms. The number of halogens is 2. The second-order valence-corrected chi connectivity index (χ2v) is 3.56. The molecule has 0 spiro atoms. The fraction of sp³-hybridized carbons (Fsp3) is 0.125. The van der Waals surface area contributed by atoms with Crippen LogP contribution in [0.3, 0.4) is 0 Å². The van der Waals surface area contributed by atoms with Gasteiger partial charge in [-0.25, -0.2) is 4.79 Å². The van der Waals surface area contributed by atoms with E-state index in [2.05, 4.69) is 26.0 Å². The molecule has 0 aliphatic carbocycles. The largest absolute Gasteiger partial charge is 0.453 e. The number of hydrogen-bond donors (Lipinski definition) is 1. The molecule has 0 aliphatic rings. The molecule has 3 nitrogen and oxygen atoms in total. The molecule has 1 aromatic carbocycles. The summed E-state index contributed by atoms with van der Waals surface area (Å²) in [5.74, 6) is 0. The van der Waals surface area contributed by atoms with Gasteiger partial charge in [-0.2, -0.15) is 0 Å². The monoisotopic (exact) mass is 263 g/mol. The number of anilines is 1. The quantitative estimate of drug-likeness (QED) is 0.845. The molecule has 0 heterocycles. The molecule has 0 aromatic heterocycles. The van der Waals surface area contributed by atoms with Crippen LogP contribution in [-0.2, 0) is 4.74 Å². The first-order valence-electron chi connectivity index (χ1n) is 3.43. The van der Waals surface area contributed by atoms with Gasteiger partial charge in [-0.15, -0.1) is 0 Å². The van der Waals surface area contributed by atoms with Crippen molar-refractivity contribution in [1.29, 1.82) is 0 Å². The van der Waals surface area contributed by atoms with Gasteiger partial charge in [0.25, 0.3) is 0 Å². The maximum Gasteiger partial charge on any atom is 0.411 e. The van der Waals surface area contributed by atoms with Crippen molar-refractivity contribution >= 4 is 39.3 Å². The average molecular weight is 265 g/mol. The first-order valence-corrected chi connectivity index (χ1v) is 4.60. The molecule has 0 atom stereocenters. The van der Waals surface area contributed by atoms with E-state index in [0.717, 1.165) is 4.47 Å². The molecule has 0 radical (unpaired) electrons. The molecule has 1 aromatic rings. The van der Waals surface area contributed by atoms with Gasteiger partial charge in [0.1, 0.15) is 0 Å². The normalized spacial score (nSPS) is 9.46. The summed E-state index contributed by atoms with van der Waals surface area (Å²) >= 11 is 9.08. The maximum absolute atomic E-state index is 10.8. The molecule has 0 unspecified atom stereocenters. The Labute approximate surface area is 89.2 Å². The van der Waals surface area contributed by atoms with Gasteiger partial charge in [-0.3, -0.25) is 5.32 Å². The standard InChI is InChI=1S/C8H7BrClNO2/c1-13-8(12)11-7-3-2-5(9)4-6(7)10/h2-4H,1H3,(H,11,12). The highest BCUT2D eigenvalue weighted by atomic mass is 79.9. The highest BCUT2D eigenvalue weighted by molar-refractivity contribution is 9.10. The number of benzene rings is 1. The second kappa shape index (κ2) is 4.48. The molecule has 1 N–H and O–H groups in total. The summed E-state index contributed by atoms with van der Waals surface area (Å²) < 4.78 is 5.27. The van der Waals surface area contributed by atoms with Crippen molar-refractivity contribution in [2.24, 2.45) is 0 Å². The minimum absolute atomic E-state index is 0.458. The lowest BCUT2D eigenvalue weighted by Crippen LogP contribution is -2.11. The Kier molecular flexibility index (Phi) is 3.57. The lowest BCUT2D eigenvalue weighted by atomic mass is 10.3. The molecular formula is C8H7BrClNO2. The minimum Gasteiger partial charge on any atom is -0.453 e. The smallest absolute Gasteiger partial charge is 0.411 e. The number of carbonyl (C=O) groups is 1. The lowest BCUT2D eigenvalue weighted by molar-refractivity contribution is 0.187. The van der Waals surface area contributed by atoms with E-state index in [0.29, 0.717) is 10.7 Å². The third-order valence-electron chi connectivity index (χ3n) is 1.35. The van der Waals surface area contributed by atoms with E-state index in [4.69, 9.17) is 11.6 Å². The molecular weight excluding hydrogens is 257 g/mol. The third kappa shape index (κ3) is 2.90. The Hall–Kier alpha value is -0.740. The minimum atomic E-state index is -0.538. The van der Waals surface area contributed by atoms with Crippen molar-refractivity contribution in [3.05, 3.63) is 27.7 Å². The van der Waals surface area contributed by atoms with Crippen molar-refractivity contribution in [2.75, 3.05) is 12.4 Å². The Morgan fingerprint density at radius 3 is 2.85 bits per heavy atom. The van der Waals surface area contributed by atoms with Gasteiger partial charge in [0.2, 0.25) is 0 Å². The summed E-state index contributed by atoms with van der Waals surface area (Å²) in [5, 5.41) is 2.93. The number of hydrogen-bond acceptors (Lipinski definition) is 2. The summed E-state index contributed by atoms with van der Waals surface area (Å²) in [7, 11) is 1.29. The number of rotatable bonds is 1. The first kappa shape index (κ1) is 10.3.